The molecule has 0 bridgehead atoms. The number of benzene rings is 1. The van der Waals surface area contributed by atoms with Crippen LogP contribution in [0.4, 0.5) is 5.69 Å². The van der Waals surface area contributed by atoms with Gasteiger partial charge in [0, 0.05) is 29.9 Å². The zero-order valence-electron chi connectivity index (χ0n) is 8.43. The molecule has 2 rings (SSSR count). The molecule has 15 heavy (non-hydrogen) atoms. The van der Waals surface area contributed by atoms with Gasteiger partial charge in [0.15, 0.2) is 0 Å². The van der Waals surface area contributed by atoms with Crippen molar-refractivity contribution in [3.8, 4) is 0 Å². The normalized spacial score (nSPS) is 10.9. The molecule has 2 nitrogen and oxygen atoms in total. The molecule has 0 fully saturated rings. The molecule has 1 N–H and O–H groups in total. The van der Waals surface area contributed by atoms with E-state index in [-0.39, 0.29) is 0 Å². The Bertz CT molecular complexity index is 477. The number of hydrogen-bond donors (Lipinski definition) is 1. The van der Waals surface area contributed by atoms with Crippen LogP contribution >= 0.6 is 23.4 Å². The van der Waals surface area contributed by atoms with Crippen LogP contribution in [0.2, 0.25) is 5.02 Å². The highest BCUT2D eigenvalue weighted by Gasteiger charge is 2.09. The average Bonchev–Trinajstić information content (AvgIpc) is 2.57. The molecule has 0 spiro atoms. The van der Waals surface area contributed by atoms with E-state index in [9.17, 15) is 0 Å². The summed E-state index contributed by atoms with van der Waals surface area (Å²) in [6, 6.07) is 5.93. The summed E-state index contributed by atoms with van der Waals surface area (Å²) in [6.07, 6.45) is 3.03. The lowest BCUT2D eigenvalue weighted by molar-refractivity contribution is 0.704. The summed E-state index contributed by atoms with van der Waals surface area (Å²) in [5.41, 5.74) is 1.97. The summed E-state index contributed by atoms with van der Waals surface area (Å²) >= 11 is 11.8. The Balaban J connectivity index is 2.68. The fourth-order valence-electron chi connectivity index (χ4n) is 1.81. The lowest BCUT2D eigenvalue weighted by atomic mass is 10.2. The van der Waals surface area contributed by atoms with Gasteiger partial charge in [0.05, 0.1) is 16.2 Å². The number of nitrogens with one attached hydrogen (secondary N) is 1. The third-order valence-electron chi connectivity index (χ3n) is 2.43. The first-order valence-electron chi connectivity index (χ1n) is 4.92. The van der Waals surface area contributed by atoms with E-state index < -0.39 is 0 Å². The second-order valence-corrected chi connectivity index (χ2v) is 4.06. The van der Waals surface area contributed by atoms with Crippen molar-refractivity contribution in [1.29, 1.82) is 0 Å². The van der Waals surface area contributed by atoms with Crippen molar-refractivity contribution >= 4 is 40.0 Å². The minimum Gasteiger partial charge on any atom is -0.346 e. The van der Waals surface area contributed by atoms with Crippen molar-refractivity contribution in [3.05, 3.63) is 29.4 Å². The Labute approximate surface area is 98.9 Å². The first-order chi connectivity index (χ1) is 7.27. The third-order valence-corrected chi connectivity index (χ3v) is 2.92. The van der Waals surface area contributed by atoms with Crippen LogP contribution in [0.15, 0.2) is 24.4 Å². The predicted molar refractivity (Wildman–Crippen MR) is 66.7 cm³/mol. The number of rotatable bonds is 3. The lowest BCUT2D eigenvalue weighted by Gasteiger charge is -2.04. The van der Waals surface area contributed by atoms with Crippen molar-refractivity contribution < 1.29 is 0 Å². The molecule has 0 saturated heterocycles. The first-order valence-corrected chi connectivity index (χ1v) is 5.67. The summed E-state index contributed by atoms with van der Waals surface area (Å²) in [5.74, 6) is 0. The van der Waals surface area contributed by atoms with Gasteiger partial charge >= 0.3 is 0 Å². The van der Waals surface area contributed by atoms with Crippen LogP contribution < -0.4 is 4.84 Å². The minimum atomic E-state index is 0.738. The molecule has 0 aliphatic heterocycles. The zero-order chi connectivity index (χ0) is 10.8. The molecule has 0 radical (unpaired) electrons. The van der Waals surface area contributed by atoms with Gasteiger partial charge in [-0.25, -0.2) is 0 Å². The summed E-state index contributed by atoms with van der Waals surface area (Å²) in [6.45, 7) is 3.11. The number of anilines is 1. The second kappa shape index (κ2) is 4.33. The second-order valence-electron chi connectivity index (χ2n) is 3.46. The Morgan fingerprint density at radius 1 is 1.40 bits per heavy atom. The van der Waals surface area contributed by atoms with E-state index in [4.69, 9.17) is 23.4 Å². The third kappa shape index (κ3) is 1.80. The average molecular weight is 243 g/mol. The van der Waals surface area contributed by atoms with Gasteiger partial charge in [-0.3, -0.25) is 4.84 Å². The molecule has 0 aliphatic carbocycles. The molecule has 1 aromatic heterocycles. The number of aromatic nitrogens is 1. The van der Waals surface area contributed by atoms with E-state index in [1.165, 1.54) is 0 Å². The van der Waals surface area contributed by atoms with Crippen LogP contribution in [0, 0.1) is 0 Å². The highest BCUT2D eigenvalue weighted by molar-refractivity contribution is 6.37. The number of hydrogen-bond acceptors (Lipinski definition) is 1. The highest BCUT2D eigenvalue weighted by Crippen LogP contribution is 2.32. The number of halogens is 2. The quantitative estimate of drug-likeness (QED) is 0.796. The molecular weight excluding hydrogens is 231 g/mol. The molecule has 4 heteroatoms. The van der Waals surface area contributed by atoms with Gasteiger partial charge in [0.1, 0.15) is 0 Å². The summed E-state index contributed by atoms with van der Waals surface area (Å²) in [4.78, 5) is 2.64. The van der Waals surface area contributed by atoms with E-state index in [0.29, 0.717) is 0 Å². The largest absolute Gasteiger partial charge is 0.346 e. The van der Waals surface area contributed by atoms with Crippen molar-refractivity contribution in [3.63, 3.8) is 0 Å². The van der Waals surface area contributed by atoms with Gasteiger partial charge in [0.25, 0.3) is 0 Å². The Morgan fingerprint density at radius 3 is 2.87 bits per heavy atom. The van der Waals surface area contributed by atoms with Gasteiger partial charge in [-0.05, 0) is 18.6 Å². The van der Waals surface area contributed by atoms with Crippen LogP contribution in [0.25, 0.3) is 10.9 Å². The van der Waals surface area contributed by atoms with Crippen molar-refractivity contribution in [2.75, 3.05) is 4.84 Å². The first kappa shape index (κ1) is 10.7. The molecular formula is C11H12Cl2N2. The maximum absolute atomic E-state index is 6.18. The van der Waals surface area contributed by atoms with Crippen LogP contribution in [0.3, 0.4) is 0 Å². The number of aryl methyl sites for hydroxylation is 1. The topological polar surface area (TPSA) is 17.0 Å². The SMILES string of the molecule is CCCn1cc(Cl)c2c(NCl)cccc21. The van der Waals surface area contributed by atoms with Crippen LogP contribution in [-0.4, -0.2) is 4.57 Å². The monoisotopic (exact) mass is 242 g/mol. The lowest BCUT2D eigenvalue weighted by Crippen LogP contribution is -1.93. The van der Waals surface area contributed by atoms with E-state index in [1.807, 2.05) is 18.3 Å². The maximum Gasteiger partial charge on any atom is 0.0682 e. The fraction of sp³-hybridized carbons (Fsp3) is 0.273. The van der Waals surface area contributed by atoms with E-state index in [1.54, 1.807) is 0 Å². The molecule has 0 saturated carbocycles. The summed E-state index contributed by atoms with van der Waals surface area (Å²) < 4.78 is 2.15. The van der Waals surface area contributed by atoms with Gasteiger partial charge in [0.2, 0.25) is 0 Å². The van der Waals surface area contributed by atoms with Crippen LogP contribution in [-0.2, 0) is 6.54 Å². The molecule has 0 unspecified atom stereocenters. The Kier molecular flexibility index (Phi) is 3.08. The molecule has 80 valence electrons. The summed E-state index contributed by atoms with van der Waals surface area (Å²) in [5, 5.41) is 1.73. The molecule has 1 aromatic carbocycles. The van der Waals surface area contributed by atoms with Crippen molar-refractivity contribution in [2.45, 2.75) is 19.9 Å². The summed E-state index contributed by atoms with van der Waals surface area (Å²) in [7, 11) is 0. The number of fused-ring (bicyclic) bond motifs is 1. The predicted octanol–water partition coefficient (Wildman–Crippen LogP) is 4.27. The van der Waals surface area contributed by atoms with Crippen molar-refractivity contribution in [1.82, 2.24) is 4.57 Å². The zero-order valence-corrected chi connectivity index (χ0v) is 9.94. The van der Waals surface area contributed by atoms with E-state index in [2.05, 4.69) is 22.4 Å². The molecule has 2 aromatic rings. The van der Waals surface area contributed by atoms with E-state index in [0.717, 1.165) is 34.6 Å². The molecule has 1 heterocycles. The van der Waals surface area contributed by atoms with Gasteiger partial charge in [-0.2, -0.15) is 0 Å². The fourth-order valence-corrected chi connectivity index (χ4v) is 2.28. The van der Waals surface area contributed by atoms with Crippen molar-refractivity contribution in [2.24, 2.45) is 0 Å². The van der Waals surface area contributed by atoms with E-state index >= 15 is 0 Å². The maximum atomic E-state index is 6.18. The smallest absolute Gasteiger partial charge is 0.0682 e. The minimum absolute atomic E-state index is 0.738. The van der Waals surface area contributed by atoms with Crippen LogP contribution in [0.1, 0.15) is 13.3 Å². The Morgan fingerprint density at radius 2 is 2.20 bits per heavy atom. The molecule has 0 aliphatic rings. The Hall–Kier alpha value is -0.860. The molecule has 0 amide bonds. The van der Waals surface area contributed by atoms with Gasteiger partial charge < -0.3 is 4.57 Å². The van der Waals surface area contributed by atoms with Crippen LogP contribution in [0.5, 0.6) is 0 Å². The highest BCUT2D eigenvalue weighted by atomic mass is 35.5. The number of nitrogens with zero attached hydrogens (tertiary/aromatic N) is 1. The van der Waals surface area contributed by atoms with Gasteiger partial charge in [-0.1, -0.05) is 24.6 Å². The van der Waals surface area contributed by atoms with Gasteiger partial charge in [-0.15, -0.1) is 0 Å². The standard InChI is InChI=1S/C11H12Cl2N2/c1-2-6-15-7-8(12)11-9(14-13)4-3-5-10(11)15/h3-5,7,14H,2,6H2,1H3. The molecule has 0 atom stereocenters.